The van der Waals surface area contributed by atoms with Gasteiger partial charge in [0.15, 0.2) is 0 Å². The maximum absolute atomic E-state index is 12.4. The van der Waals surface area contributed by atoms with Crippen LogP contribution in [0.3, 0.4) is 0 Å². The number of nitrogens with one attached hydrogen (secondary N) is 1. The van der Waals surface area contributed by atoms with Gasteiger partial charge in [-0.2, -0.15) is 0 Å². The molecule has 0 atom stereocenters. The van der Waals surface area contributed by atoms with E-state index >= 15 is 0 Å². The SMILES string of the molecule is O=C(CC1CCN(C(=O)c2ccccc2)CC1)NCc1ccco1. The number of furan rings is 1. The van der Waals surface area contributed by atoms with Gasteiger partial charge in [-0.25, -0.2) is 0 Å². The van der Waals surface area contributed by atoms with Crippen molar-refractivity contribution in [2.75, 3.05) is 13.1 Å². The van der Waals surface area contributed by atoms with Crippen LogP contribution in [0.4, 0.5) is 0 Å². The van der Waals surface area contributed by atoms with Crippen molar-refractivity contribution < 1.29 is 14.0 Å². The highest BCUT2D eigenvalue weighted by atomic mass is 16.3. The van der Waals surface area contributed by atoms with Gasteiger partial charge in [0.25, 0.3) is 5.91 Å². The van der Waals surface area contributed by atoms with Gasteiger partial charge >= 0.3 is 0 Å². The van der Waals surface area contributed by atoms with Crippen molar-refractivity contribution in [3.05, 3.63) is 60.1 Å². The number of hydrogen-bond donors (Lipinski definition) is 1. The van der Waals surface area contributed by atoms with E-state index < -0.39 is 0 Å². The summed E-state index contributed by atoms with van der Waals surface area (Å²) in [6.07, 6.45) is 3.84. The van der Waals surface area contributed by atoms with Crippen LogP contribution in [0.5, 0.6) is 0 Å². The Morgan fingerprint density at radius 1 is 1.08 bits per heavy atom. The molecule has 1 N–H and O–H groups in total. The van der Waals surface area contributed by atoms with E-state index in [1.54, 1.807) is 12.3 Å². The van der Waals surface area contributed by atoms with Gasteiger partial charge < -0.3 is 14.6 Å². The van der Waals surface area contributed by atoms with Gasteiger partial charge in [-0.1, -0.05) is 18.2 Å². The molecule has 1 aromatic carbocycles. The van der Waals surface area contributed by atoms with Crippen LogP contribution in [-0.4, -0.2) is 29.8 Å². The summed E-state index contributed by atoms with van der Waals surface area (Å²) in [7, 11) is 0. The fourth-order valence-corrected chi connectivity index (χ4v) is 3.04. The number of carbonyl (C=O) groups is 2. The van der Waals surface area contributed by atoms with E-state index in [1.807, 2.05) is 41.3 Å². The molecule has 0 spiro atoms. The van der Waals surface area contributed by atoms with Crippen molar-refractivity contribution in [2.24, 2.45) is 5.92 Å². The fraction of sp³-hybridized carbons (Fsp3) is 0.368. The lowest BCUT2D eigenvalue weighted by atomic mass is 9.93. The molecule has 1 fully saturated rings. The summed E-state index contributed by atoms with van der Waals surface area (Å²) in [6, 6.07) is 13.0. The van der Waals surface area contributed by atoms with E-state index in [9.17, 15) is 9.59 Å². The Hall–Kier alpha value is -2.56. The zero-order valence-corrected chi connectivity index (χ0v) is 13.6. The number of hydrogen-bond acceptors (Lipinski definition) is 3. The first-order valence-electron chi connectivity index (χ1n) is 8.36. The maximum atomic E-state index is 12.4. The zero-order chi connectivity index (χ0) is 16.8. The van der Waals surface area contributed by atoms with Crippen molar-refractivity contribution in [3.63, 3.8) is 0 Å². The Morgan fingerprint density at radius 3 is 2.50 bits per heavy atom. The molecule has 0 bridgehead atoms. The lowest BCUT2D eigenvalue weighted by Crippen LogP contribution is -2.39. The second kappa shape index (κ2) is 7.81. The Labute approximate surface area is 141 Å². The smallest absolute Gasteiger partial charge is 0.253 e. The van der Waals surface area contributed by atoms with Crippen LogP contribution in [0.1, 0.15) is 35.4 Å². The van der Waals surface area contributed by atoms with Crippen LogP contribution in [0, 0.1) is 5.92 Å². The molecule has 126 valence electrons. The number of piperidine rings is 1. The summed E-state index contributed by atoms with van der Waals surface area (Å²) in [5.74, 6) is 1.21. The molecular weight excluding hydrogens is 304 g/mol. The Balaban J connectivity index is 1.42. The molecule has 1 aliphatic heterocycles. The first-order valence-corrected chi connectivity index (χ1v) is 8.36. The van der Waals surface area contributed by atoms with Crippen LogP contribution in [0.25, 0.3) is 0 Å². The summed E-state index contributed by atoms with van der Waals surface area (Å²) < 4.78 is 5.20. The normalized spacial score (nSPS) is 15.2. The molecule has 2 heterocycles. The summed E-state index contributed by atoms with van der Waals surface area (Å²) in [6.45, 7) is 1.85. The zero-order valence-electron chi connectivity index (χ0n) is 13.6. The Morgan fingerprint density at radius 2 is 1.83 bits per heavy atom. The summed E-state index contributed by atoms with van der Waals surface area (Å²) >= 11 is 0. The summed E-state index contributed by atoms with van der Waals surface area (Å²) in [4.78, 5) is 26.3. The molecule has 0 aliphatic carbocycles. The quantitative estimate of drug-likeness (QED) is 0.919. The van der Waals surface area contributed by atoms with Gasteiger partial charge in [-0.3, -0.25) is 9.59 Å². The van der Waals surface area contributed by atoms with Crippen LogP contribution in [0.15, 0.2) is 53.1 Å². The molecule has 2 amide bonds. The molecule has 1 aromatic heterocycles. The van der Waals surface area contributed by atoms with E-state index in [4.69, 9.17) is 4.42 Å². The number of amides is 2. The average Bonchev–Trinajstić information content (AvgIpc) is 3.14. The van der Waals surface area contributed by atoms with Gasteiger partial charge in [0.1, 0.15) is 5.76 Å². The summed E-state index contributed by atoms with van der Waals surface area (Å²) in [5.41, 5.74) is 0.729. The van der Waals surface area contributed by atoms with Gasteiger partial charge in [0, 0.05) is 25.1 Å². The Bertz CT molecular complexity index is 659. The van der Waals surface area contributed by atoms with Gasteiger partial charge in [0.2, 0.25) is 5.91 Å². The maximum Gasteiger partial charge on any atom is 0.253 e. The van der Waals surface area contributed by atoms with Crippen molar-refractivity contribution in [1.82, 2.24) is 10.2 Å². The monoisotopic (exact) mass is 326 g/mol. The molecule has 1 aliphatic rings. The van der Waals surface area contributed by atoms with Crippen molar-refractivity contribution in [2.45, 2.75) is 25.8 Å². The fourth-order valence-electron chi connectivity index (χ4n) is 3.04. The van der Waals surface area contributed by atoms with Crippen molar-refractivity contribution >= 4 is 11.8 Å². The van der Waals surface area contributed by atoms with E-state index in [0.717, 1.165) is 24.2 Å². The largest absolute Gasteiger partial charge is 0.467 e. The molecule has 24 heavy (non-hydrogen) atoms. The van der Waals surface area contributed by atoms with E-state index in [1.165, 1.54) is 0 Å². The minimum Gasteiger partial charge on any atom is -0.467 e. The van der Waals surface area contributed by atoms with Gasteiger partial charge in [0.05, 0.1) is 12.8 Å². The van der Waals surface area contributed by atoms with Gasteiger partial charge in [-0.05, 0) is 43.0 Å². The highest BCUT2D eigenvalue weighted by Gasteiger charge is 2.24. The van der Waals surface area contributed by atoms with Crippen molar-refractivity contribution in [3.8, 4) is 0 Å². The third-order valence-corrected chi connectivity index (χ3v) is 4.44. The second-order valence-electron chi connectivity index (χ2n) is 6.16. The molecule has 5 heteroatoms. The van der Waals surface area contributed by atoms with E-state index in [2.05, 4.69) is 5.32 Å². The highest BCUT2D eigenvalue weighted by Crippen LogP contribution is 2.22. The number of carbonyl (C=O) groups excluding carboxylic acids is 2. The minimum atomic E-state index is 0.0410. The third-order valence-electron chi connectivity index (χ3n) is 4.44. The second-order valence-corrected chi connectivity index (χ2v) is 6.16. The molecule has 0 radical (unpaired) electrons. The Kier molecular flexibility index (Phi) is 5.31. The number of likely N-dealkylation sites (tertiary alicyclic amines) is 1. The predicted octanol–water partition coefficient (Wildman–Crippen LogP) is 2.84. The summed E-state index contributed by atoms with van der Waals surface area (Å²) in [5, 5.41) is 2.88. The van der Waals surface area contributed by atoms with E-state index in [0.29, 0.717) is 32.0 Å². The first kappa shape index (κ1) is 16.3. The van der Waals surface area contributed by atoms with E-state index in [-0.39, 0.29) is 11.8 Å². The molecule has 1 saturated heterocycles. The molecule has 0 unspecified atom stereocenters. The molecule has 3 rings (SSSR count). The highest BCUT2D eigenvalue weighted by molar-refractivity contribution is 5.94. The lowest BCUT2D eigenvalue weighted by molar-refractivity contribution is -0.122. The topological polar surface area (TPSA) is 62.6 Å². The van der Waals surface area contributed by atoms with Crippen LogP contribution in [-0.2, 0) is 11.3 Å². The lowest BCUT2D eigenvalue weighted by Gasteiger charge is -2.31. The van der Waals surface area contributed by atoms with Crippen molar-refractivity contribution in [1.29, 1.82) is 0 Å². The molecule has 2 aromatic rings. The molecular formula is C19H22N2O3. The number of nitrogens with zero attached hydrogens (tertiary/aromatic N) is 1. The van der Waals surface area contributed by atoms with Crippen LogP contribution < -0.4 is 5.32 Å². The molecule has 0 saturated carbocycles. The third kappa shape index (κ3) is 4.25. The number of rotatable bonds is 5. The van der Waals surface area contributed by atoms with Crippen LogP contribution in [0.2, 0.25) is 0 Å². The van der Waals surface area contributed by atoms with Crippen LogP contribution >= 0.6 is 0 Å². The first-order chi connectivity index (χ1) is 11.7. The molecule has 5 nitrogen and oxygen atoms in total. The predicted molar refractivity (Wildman–Crippen MR) is 90.2 cm³/mol. The number of benzene rings is 1. The average molecular weight is 326 g/mol. The van der Waals surface area contributed by atoms with Gasteiger partial charge in [-0.15, -0.1) is 0 Å². The standard InChI is InChI=1S/C19H22N2O3/c22-18(20-14-17-7-4-12-24-17)13-15-8-10-21(11-9-15)19(23)16-5-2-1-3-6-16/h1-7,12,15H,8-11,13-14H2,(H,20,22). The minimum absolute atomic E-state index is 0.0410.